The third-order valence-electron chi connectivity index (χ3n) is 6.98. The summed E-state index contributed by atoms with van der Waals surface area (Å²) in [6.07, 6.45) is -5.09. The van der Waals surface area contributed by atoms with Crippen molar-refractivity contribution < 1.29 is 32.6 Å². The average molecular weight is 768 g/mol. The molecule has 0 bridgehead atoms. The highest BCUT2D eigenvalue weighted by Gasteiger charge is 2.45. The number of halogens is 6. The van der Waals surface area contributed by atoms with Crippen LogP contribution in [0.5, 0.6) is 5.75 Å². The van der Waals surface area contributed by atoms with Crippen molar-refractivity contribution in [2.75, 3.05) is 13.7 Å². The van der Waals surface area contributed by atoms with Crippen LogP contribution in [-0.2, 0) is 4.79 Å². The Morgan fingerprint density at radius 1 is 0.956 bits per heavy atom. The van der Waals surface area contributed by atoms with Crippen LogP contribution in [0.1, 0.15) is 28.4 Å². The van der Waals surface area contributed by atoms with E-state index in [-0.39, 0.29) is 35.5 Å². The number of carbonyl (C=O) groups is 2. The highest BCUT2D eigenvalue weighted by molar-refractivity contribution is 14.1. The maximum absolute atomic E-state index is 15.0. The van der Waals surface area contributed by atoms with Gasteiger partial charge in [-0.05, 0) is 87.5 Å². The normalized spacial score (nSPS) is 12.2. The first-order chi connectivity index (χ1) is 21.3. The molecule has 0 aliphatic carbocycles. The zero-order valence-electron chi connectivity index (χ0n) is 23.3. The monoisotopic (exact) mass is 767 g/mol. The van der Waals surface area contributed by atoms with Gasteiger partial charge in [-0.2, -0.15) is 18.3 Å². The van der Waals surface area contributed by atoms with Gasteiger partial charge in [0.25, 0.3) is 5.91 Å². The van der Waals surface area contributed by atoms with Gasteiger partial charge in [0.1, 0.15) is 11.4 Å². The summed E-state index contributed by atoms with van der Waals surface area (Å²) < 4.78 is 51.8. The Balaban J connectivity index is 1.66. The van der Waals surface area contributed by atoms with Crippen LogP contribution in [0.3, 0.4) is 0 Å². The van der Waals surface area contributed by atoms with Gasteiger partial charge in [0.2, 0.25) is 0 Å². The van der Waals surface area contributed by atoms with E-state index >= 15 is 13.2 Å². The summed E-state index contributed by atoms with van der Waals surface area (Å²) in [5.41, 5.74) is 1.33. The number of rotatable bonds is 9. The summed E-state index contributed by atoms with van der Waals surface area (Å²) in [7, 11) is 1.55. The molecule has 0 fully saturated rings. The van der Waals surface area contributed by atoms with Gasteiger partial charge in [-0.15, -0.1) is 0 Å². The van der Waals surface area contributed by atoms with Crippen LogP contribution in [0.25, 0.3) is 33.3 Å². The summed E-state index contributed by atoms with van der Waals surface area (Å²) in [6, 6.07) is 18.1. The SMILES string of the molecule is COc1ccc2cc(-c3c(I)c(-c4cc(Cl)cc(Cl)c4)nn3C(c3ccc(C(=O)NCCC(=O)O)cc3)C(F)(F)F)ccc2c1. The molecule has 45 heavy (non-hydrogen) atoms. The van der Waals surface area contributed by atoms with Gasteiger partial charge in [0.05, 0.1) is 22.8 Å². The summed E-state index contributed by atoms with van der Waals surface area (Å²) in [6.45, 7) is -0.120. The van der Waals surface area contributed by atoms with Crippen LogP contribution in [0, 0.1) is 3.57 Å². The fourth-order valence-corrected chi connectivity index (χ4v) is 6.41. The lowest BCUT2D eigenvalue weighted by atomic mass is 10.0. The summed E-state index contributed by atoms with van der Waals surface area (Å²) >= 11 is 14.5. The van der Waals surface area contributed by atoms with Gasteiger partial charge >= 0.3 is 12.1 Å². The number of nitrogens with zero attached hydrogens (tertiary/aromatic N) is 2. The fraction of sp³-hybridized carbons (Fsp3) is 0.156. The van der Waals surface area contributed by atoms with Gasteiger partial charge in [-0.1, -0.05) is 53.5 Å². The van der Waals surface area contributed by atoms with Crippen LogP contribution in [0.2, 0.25) is 10.0 Å². The van der Waals surface area contributed by atoms with Crippen molar-refractivity contribution in [1.29, 1.82) is 0 Å². The molecule has 0 aliphatic rings. The minimum absolute atomic E-state index is 0.0829. The number of carbonyl (C=O) groups excluding carboxylic acids is 1. The number of benzene rings is 4. The smallest absolute Gasteiger partial charge is 0.415 e. The molecule has 1 unspecified atom stereocenters. The number of fused-ring (bicyclic) bond motifs is 1. The molecule has 1 heterocycles. The molecule has 2 N–H and O–H groups in total. The number of hydrogen-bond donors (Lipinski definition) is 2. The highest BCUT2D eigenvalue weighted by atomic mass is 127. The van der Waals surface area contributed by atoms with Gasteiger partial charge in [0.15, 0.2) is 6.04 Å². The van der Waals surface area contributed by atoms with Crippen molar-refractivity contribution in [3.8, 4) is 28.3 Å². The fourth-order valence-electron chi connectivity index (χ4n) is 4.90. The van der Waals surface area contributed by atoms with Crippen molar-refractivity contribution in [1.82, 2.24) is 15.1 Å². The lowest BCUT2D eigenvalue weighted by Crippen LogP contribution is -2.29. The minimum atomic E-state index is -4.80. The van der Waals surface area contributed by atoms with Crippen LogP contribution in [-0.4, -0.2) is 46.6 Å². The first-order valence-corrected chi connectivity index (χ1v) is 15.2. The van der Waals surface area contributed by atoms with E-state index < -0.39 is 24.1 Å². The molecule has 5 aromatic rings. The van der Waals surface area contributed by atoms with Crippen molar-refractivity contribution in [3.05, 3.63) is 104 Å². The standard InChI is InChI=1S/C32H23Cl2F3IN3O4/c1-45-25-9-8-19-12-21(7-6-20(19)15-25)29-27(38)28(22-13-23(33)16-24(34)14-22)40-41(29)30(32(35,36)37)17-2-4-18(5-3-17)31(44)39-11-10-26(42)43/h2-9,12-16,30H,10-11H2,1H3,(H,39,44)(H,42,43). The number of nitrogens with one attached hydrogen (secondary N) is 1. The lowest BCUT2D eigenvalue weighted by molar-refractivity contribution is -0.158. The number of carboxylic acid groups (broad SMARTS) is 1. The Hall–Kier alpha value is -3.81. The third kappa shape index (κ3) is 7.21. The summed E-state index contributed by atoms with van der Waals surface area (Å²) in [5.74, 6) is -1.05. The molecule has 0 radical (unpaired) electrons. The highest BCUT2D eigenvalue weighted by Crippen LogP contribution is 2.43. The largest absolute Gasteiger partial charge is 0.497 e. The molecule has 13 heteroatoms. The molecule has 0 saturated heterocycles. The molecule has 0 aliphatic heterocycles. The van der Waals surface area contributed by atoms with E-state index in [9.17, 15) is 9.59 Å². The van der Waals surface area contributed by atoms with E-state index in [2.05, 4.69) is 10.4 Å². The topological polar surface area (TPSA) is 93.5 Å². The number of alkyl halides is 3. The van der Waals surface area contributed by atoms with Gasteiger partial charge in [0, 0.05) is 33.3 Å². The molecule has 0 spiro atoms. The average Bonchev–Trinajstić information content (AvgIpc) is 3.31. The lowest BCUT2D eigenvalue weighted by Gasteiger charge is -2.24. The quantitative estimate of drug-likeness (QED) is 0.147. The second kappa shape index (κ2) is 13.3. The molecule has 0 saturated carbocycles. The third-order valence-corrected chi connectivity index (χ3v) is 8.44. The molecule has 1 amide bonds. The van der Waals surface area contributed by atoms with Gasteiger partial charge < -0.3 is 15.2 Å². The van der Waals surface area contributed by atoms with Crippen molar-refractivity contribution in [2.45, 2.75) is 18.6 Å². The predicted molar refractivity (Wildman–Crippen MR) is 175 cm³/mol. The minimum Gasteiger partial charge on any atom is -0.497 e. The van der Waals surface area contributed by atoms with Crippen molar-refractivity contribution in [2.24, 2.45) is 0 Å². The first kappa shape index (κ1) is 32.6. The molecule has 4 aromatic carbocycles. The Labute approximate surface area is 279 Å². The molecule has 1 atom stereocenters. The Morgan fingerprint density at radius 3 is 2.22 bits per heavy atom. The van der Waals surface area contributed by atoms with Gasteiger partial charge in [-0.3, -0.25) is 9.59 Å². The number of carboxylic acids is 1. The molecule has 7 nitrogen and oxygen atoms in total. The van der Waals surface area contributed by atoms with E-state index in [0.717, 1.165) is 15.5 Å². The van der Waals surface area contributed by atoms with Crippen LogP contribution in [0.15, 0.2) is 78.9 Å². The van der Waals surface area contributed by atoms with Crippen LogP contribution < -0.4 is 10.1 Å². The summed E-state index contributed by atoms with van der Waals surface area (Å²) in [4.78, 5) is 23.2. The Bertz CT molecular complexity index is 1890. The van der Waals surface area contributed by atoms with E-state index in [1.54, 1.807) is 43.5 Å². The van der Waals surface area contributed by atoms with Gasteiger partial charge in [-0.25, -0.2) is 4.68 Å². The zero-order chi connectivity index (χ0) is 32.5. The number of aliphatic carboxylic acids is 1. The number of amides is 1. The molecule has 232 valence electrons. The molecular weight excluding hydrogens is 745 g/mol. The van der Waals surface area contributed by atoms with E-state index in [0.29, 0.717) is 30.5 Å². The van der Waals surface area contributed by atoms with E-state index in [1.165, 1.54) is 30.3 Å². The summed E-state index contributed by atoms with van der Waals surface area (Å²) in [5, 5.41) is 18.0. The van der Waals surface area contributed by atoms with Crippen LogP contribution in [0.4, 0.5) is 13.2 Å². The number of methoxy groups -OCH3 is 1. The second-order valence-corrected chi connectivity index (χ2v) is 12.0. The molecule has 5 rings (SSSR count). The number of ether oxygens (including phenoxy) is 1. The maximum atomic E-state index is 15.0. The Kier molecular flexibility index (Phi) is 9.61. The number of aromatic nitrogens is 2. The van der Waals surface area contributed by atoms with E-state index in [4.69, 9.17) is 33.0 Å². The van der Waals surface area contributed by atoms with Crippen molar-refractivity contribution in [3.63, 3.8) is 0 Å². The molecular formula is C32H23Cl2F3IN3O4. The predicted octanol–water partition coefficient (Wildman–Crippen LogP) is 8.65. The molecule has 1 aromatic heterocycles. The second-order valence-electron chi connectivity index (χ2n) is 10.0. The van der Waals surface area contributed by atoms with Crippen molar-refractivity contribution >= 4 is 68.4 Å². The maximum Gasteiger partial charge on any atom is 0.415 e. The Morgan fingerprint density at radius 2 is 1.60 bits per heavy atom. The van der Waals surface area contributed by atoms with Crippen LogP contribution >= 0.6 is 45.8 Å². The number of hydrogen-bond acceptors (Lipinski definition) is 4. The first-order valence-electron chi connectivity index (χ1n) is 13.3. The zero-order valence-corrected chi connectivity index (χ0v) is 27.0. The van der Waals surface area contributed by atoms with E-state index in [1.807, 2.05) is 34.7 Å².